The number of rotatable bonds is 6. The largest absolute Gasteiger partial charge is 0.278 e. The van der Waals surface area contributed by atoms with Gasteiger partial charge in [0.25, 0.3) is 15.9 Å². The summed E-state index contributed by atoms with van der Waals surface area (Å²) in [4.78, 5) is 12.6. The van der Waals surface area contributed by atoms with Gasteiger partial charge in [-0.1, -0.05) is 30.3 Å². The summed E-state index contributed by atoms with van der Waals surface area (Å²) < 4.78 is 27.6. The minimum Gasteiger partial charge on any atom is -0.278 e. The fourth-order valence-corrected chi connectivity index (χ4v) is 4.68. The van der Waals surface area contributed by atoms with Crippen LogP contribution in [0.5, 0.6) is 0 Å². The topological polar surface area (TPSA) is 87.6 Å². The van der Waals surface area contributed by atoms with Crippen LogP contribution in [0, 0.1) is 13.8 Å². The van der Waals surface area contributed by atoms with E-state index in [1.807, 2.05) is 32.0 Å². The zero-order valence-corrected chi connectivity index (χ0v) is 17.9. The lowest BCUT2D eigenvalue weighted by molar-refractivity contribution is 0.0955. The van der Waals surface area contributed by atoms with Gasteiger partial charge in [-0.05, 0) is 67.1 Å². The Labute approximate surface area is 174 Å². The summed E-state index contributed by atoms with van der Waals surface area (Å²) in [6.45, 7) is 5.85. The second-order valence-corrected chi connectivity index (χ2v) is 9.38. The van der Waals surface area contributed by atoms with Crippen LogP contribution in [-0.4, -0.2) is 20.0 Å². The molecule has 2 aromatic carbocycles. The summed E-state index contributed by atoms with van der Waals surface area (Å²) >= 11 is 1.10. The number of nitrogens with zero attached hydrogens (tertiary/aromatic N) is 1. The van der Waals surface area contributed by atoms with E-state index >= 15 is 0 Å². The third-order valence-electron chi connectivity index (χ3n) is 4.43. The standard InChI is InChI=1S/C21H21N3O3S2/c1-14-10-11-17(13-15(14)2)16(3)22-23-21(25)18-7-4-5-8-19(18)24-29(26,27)20-9-6-12-28-20/h4-13,24H,1-3H3,(H,23,25). The first-order valence-corrected chi connectivity index (χ1v) is 11.2. The van der Waals surface area contributed by atoms with Crippen molar-refractivity contribution in [3.05, 3.63) is 82.2 Å². The predicted octanol–water partition coefficient (Wildman–Crippen LogP) is 4.32. The third kappa shape index (κ3) is 4.90. The highest BCUT2D eigenvalue weighted by Crippen LogP contribution is 2.23. The maximum atomic E-state index is 12.6. The van der Waals surface area contributed by atoms with Crippen molar-refractivity contribution >= 4 is 38.7 Å². The van der Waals surface area contributed by atoms with Crippen molar-refractivity contribution in [2.24, 2.45) is 5.10 Å². The van der Waals surface area contributed by atoms with Crippen LogP contribution in [0.1, 0.15) is 34.0 Å². The van der Waals surface area contributed by atoms with Gasteiger partial charge in [-0.2, -0.15) is 5.10 Å². The Morgan fingerprint density at radius 1 is 1.00 bits per heavy atom. The second kappa shape index (κ2) is 8.59. The summed E-state index contributed by atoms with van der Waals surface area (Å²) in [6.07, 6.45) is 0. The minimum atomic E-state index is -3.76. The maximum absolute atomic E-state index is 12.6. The Morgan fingerprint density at radius 2 is 1.76 bits per heavy atom. The number of carbonyl (C=O) groups excluding carboxylic acids is 1. The molecule has 8 heteroatoms. The fourth-order valence-electron chi connectivity index (χ4n) is 2.61. The molecule has 0 saturated carbocycles. The Hall–Kier alpha value is -2.97. The van der Waals surface area contributed by atoms with Gasteiger partial charge in [-0.15, -0.1) is 11.3 Å². The summed E-state index contributed by atoms with van der Waals surface area (Å²) in [5.41, 5.74) is 6.75. The highest BCUT2D eigenvalue weighted by atomic mass is 32.2. The number of nitrogens with one attached hydrogen (secondary N) is 2. The molecule has 3 aromatic rings. The van der Waals surface area contributed by atoms with Crippen LogP contribution in [0.2, 0.25) is 0 Å². The van der Waals surface area contributed by atoms with Gasteiger partial charge in [0.1, 0.15) is 4.21 Å². The number of amides is 1. The molecular weight excluding hydrogens is 406 g/mol. The third-order valence-corrected chi connectivity index (χ3v) is 7.19. The quantitative estimate of drug-likeness (QED) is 0.454. The monoisotopic (exact) mass is 427 g/mol. The van der Waals surface area contributed by atoms with E-state index < -0.39 is 15.9 Å². The van der Waals surface area contributed by atoms with Gasteiger partial charge in [0.2, 0.25) is 0 Å². The zero-order chi connectivity index (χ0) is 21.0. The van der Waals surface area contributed by atoms with E-state index in [0.29, 0.717) is 5.71 Å². The molecule has 0 spiro atoms. The Kier molecular flexibility index (Phi) is 6.14. The Bertz CT molecular complexity index is 1170. The van der Waals surface area contributed by atoms with Gasteiger partial charge in [-0.25, -0.2) is 13.8 Å². The molecule has 0 fully saturated rings. The number of aryl methyl sites for hydroxylation is 2. The molecular formula is C21H21N3O3S2. The number of hydrogen-bond acceptors (Lipinski definition) is 5. The second-order valence-electron chi connectivity index (χ2n) is 6.52. The van der Waals surface area contributed by atoms with E-state index in [9.17, 15) is 13.2 Å². The van der Waals surface area contributed by atoms with E-state index in [1.54, 1.807) is 42.6 Å². The fraction of sp³-hybridized carbons (Fsp3) is 0.143. The van der Waals surface area contributed by atoms with Crippen LogP contribution in [-0.2, 0) is 10.0 Å². The minimum absolute atomic E-state index is 0.177. The molecule has 0 bridgehead atoms. The predicted molar refractivity (Wildman–Crippen MR) is 117 cm³/mol. The van der Waals surface area contributed by atoms with Gasteiger partial charge in [0, 0.05) is 0 Å². The number of benzene rings is 2. The lowest BCUT2D eigenvalue weighted by atomic mass is 10.0. The van der Waals surface area contributed by atoms with Crippen LogP contribution in [0.3, 0.4) is 0 Å². The molecule has 0 radical (unpaired) electrons. The highest BCUT2D eigenvalue weighted by Gasteiger charge is 2.19. The molecule has 0 aliphatic rings. The molecule has 0 atom stereocenters. The first-order valence-electron chi connectivity index (χ1n) is 8.85. The average Bonchev–Trinajstić information content (AvgIpc) is 3.24. The lowest BCUT2D eigenvalue weighted by Crippen LogP contribution is -2.22. The molecule has 6 nitrogen and oxygen atoms in total. The number of sulfonamides is 1. The van der Waals surface area contributed by atoms with Crippen molar-refractivity contribution in [3.8, 4) is 0 Å². The zero-order valence-electron chi connectivity index (χ0n) is 16.3. The van der Waals surface area contributed by atoms with Crippen LogP contribution >= 0.6 is 11.3 Å². The van der Waals surface area contributed by atoms with Gasteiger partial charge >= 0.3 is 0 Å². The molecule has 29 heavy (non-hydrogen) atoms. The van der Waals surface area contributed by atoms with Crippen molar-refractivity contribution in [2.45, 2.75) is 25.0 Å². The molecule has 1 aromatic heterocycles. The maximum Gasteiger partial charge on any atom is 0.273 e. The van der Waals surface area contributed by atoms with E-state index in [-0.39, 0.29) is 15.5 Å². The smallest absolute Gasteiger partial charge is 0.273 e. The molecule has 150 valence electrons. The van der Waals surface area contributed by atoms with Crippen molar-refractivity contribution in [1.29, 1.82) is 0 Å². The van der Waals surface area contributed by atoms with Crippen LogP contribution in [0.4, 0.5) is 5.69 Å². The van der Waals surface area contributed by atoms with Crippen molar-refractivity contribution in [3.63, 3.8) is 0 Å². The molecule has 0 unspecified atom stereocenters. The molecule has 3 rings (SSSR count). The van der Waals surface area contributed by atoms with E-state index in [2.05, 4.69) is 15.2 Å². The van der Waals surface area contributed by atoms with Gasteiger partial charge < -0.3 is 0 Å². The molecule has 0 aliphatic carbocycles. The van der Waals surface area contributed by atoms with Gasteiger partial charge in [-0.3, -0.25) is 9.52 Å². The number of thiophene rings is 1. The molecule has 0 saturated heterocycles. The Balaban J connectivity index is 1.80. The normalized spacial score (nSPS) is 11.9. The van der Waals surface area contributed by atoms with Crippen molar-refractivity contribution in [1.82, 2.24) is 5.43 Å². The molecule has 0 aliphatic heterocycles. The number of para-hydroxylation sites is 1. The lowest BCUT2D eigenvalue weighted by Gasteiger charge is -2.11. The summed E-state index contributed by atoms with van der Waals surface area (Å²) in [5, 5.41) is 5.85. The van der Waals surface area contributed by atoms with Gasteiger partial charge in [0.05, 0.1) is 17.0 Å². The summed E-state index contributed by atoms with van der Waals surface area (Å²) in [7, 11) is -3.76. The van der Waals surface area contributed by atoms with E-state index in [1.165, 1.54) is 11.6 Å². The average molecular weight is 428 g/mol. The number of carbonyl (C=O) groups is 1. The van der Waals surface area contributed by atoms with Gasteiger partial charge in [0.15, 0.2) is 0 Å². The van der Waals surface area contributed by atoms with Crippen LogP contribution < -0.4 is 10.1 Å². The number of hydrazone groups is 1. The first-order chi connectivity index (χ1) is 13.8. The summed E-state index contributed by atoms with van der Waals surface area (Å²) in [5.74, 6) is -0.502. The van der Waals surface area contributed by atoms with Crippen LogP contribution in [0.15, 0.2) is 69.3 Å². The van der Waals surface area contributed by atoms with Crippen molar-refractivity contribution in [2.75, 3.05) is 4.72 Å². The number of hydrogen-bond donors (Lipinski definition) is 2. The molecule has 1 heterocycles. The SMILES string of the molecule is CC(=NNC(=O)c1ccccc1NS(=O)(=O)c1cccs1)c1ccc(C)c(C)c1. The highest BCUT2D eigenvalue weighted by molar-refractivity contribution is 7.94. The molecule has 1 amide bonds. The first kappa shape index (κ1) is 20.8. The number of anilines is 1. The van der Waals surface area contributed by atoms with E-state index in [4.69, 9.17) is 0 Å². The summed E-state index contributed by atoms with van der Waals surface area (Å²) in [6, 6.07) is 15.5. The van der Waals surface area contributed by atoms with Crippen molar-refractivity contribution < 1.29 is 13.2 Å². The van der Waals surface area contributed by atoms with E-state index in [0.717, 1.165) is 22.5 Å². The Morgan fingerprint density at radius 3 is 2.45 bits per heavy atom. The molecule has 2 N–H and O–H groups in total. The van der Waals surface area contributed by atoms with Crippen LogP contribution in [0.25, 0.3) is 0 Å².